The van der Waals surface area contributed by atoms with E-state index in [-0.39, 0.29) is 0 Å². The minimum atomic E-state index is 0.409. The van der Waals surface area contributed by atoms with Crippen LogP contribution in [0.25, 0.3) is 0 Å². The predicted molar refractivity (Wildman–Crippen MR) is 90.9 cm³/mol. The van der Waals surface area contributed by atoms with Crippen LogP contribution in [0.4, 0.5) is 5.69 Å². The summed E-state index contributed by atoms with van der Waals surface area (Å²) in [4.78, 5) is 12.8. The Hall–Kier alpha value is -2.43. The number of para-hydroxylation sites is 1. The third kappa shape index (κ3) is 4.04. The molecule has 5 nitrogen and oxygen atoms in total. The van der Waals surface area contributed by atoms with E-state index in [1.165, 1.54) is 11.1 Å². The molecule has 2 aromatic rings. The summed E-state index contributed by atoms with van der Waals surface area (Å²) in [5.41, 5.74) is 10.5. The zero-order valence-corrected chi connectivity index (χ0v) is 13.4. The maximum atomic E-state index is 6.03. The van der Waals surface area contributed by atoms with Crippen LogP contribution in [0.1, 0.15) is 36.5 Å². The Morgan fingerprint density at radius 2 is 1.86 bits per heavy atom. The van der Waals surface area contributed by atoms with Crippen molar-refractivity contribution in [2.75, 3.05) is 5.32 Å². The van der Waals surface area contributed by atoms with Crippen LogP contribution < -0.4 is 11.1 Å². The van der Waals surface area contributed by atoms with Crippen LogP contribution in [0, 0.1) is 6.92 Å². The Kier molecular flexibility index (Phi) is 5.47. The predicted octanol–water partition coefficient (Wildman–Crippen LogP) is 2.84. The SMILES string of the molecule is CCc1cccc(CC)c1NC(N)=NCc1ccnc(C)n1. The molecular formula is C17H23N5. The van der Waals surface area contributed by atoms with Crippen LogP contribution in [-0.4, -0.2) is 15.9 Å². The lowest BCUT2D eigenvalue weighted by molar-refractivity contribution is 0.924. The van der Waals surface area contributed by atoms with E-state index < -0.39 is 0 Å². The molecule has 0 bridgehead atoms. The summed E-state index contributed by atoms with van der Waals surface area (Å²) in [6.45, 7) is 6.58. The van der Waals surface area contributed by atoms with Crippen molar-refractivity contribution in [1.82, 2.24) is 9.97 Å². The lowest BCUT2D eigenvalue weighted by Crippen LogP contribution is -2.24. The molecule has 0 spiro atoms. The minimum Gasteiger partial charge on any atom is -0.370 e. The molecule has 5 heteroatoms. The van der Waals surface area contributed by atoms with E-state index in [0.29, 0.717) is 12.5 Å². The summed E-state index contributed by atoms with van der Waals surface area (Å²) in [5.74, 6) is 1.15. The molecule has 0 unspecified atom stereocenters. The number of hydrogen-bond acceptors (Lipinski definition) is 3. The summed E-state index contributed by atoms with van der Waals surface area (Å²) in [6.07, 6.45) is 3.64. The van der Waals surface area contributed by atoms with Crippen molar-refractivity contribution in [1.29, 1.82) is 0 Å². The molecular weight excluding hydrogens is 274 g/mol. The highest BCUT2D eigenvalue weighted by atomic mass is 15.1. The van der Waals surface area contributed by atoms with E-state index in [0.717, 1.165) is 30.0 Å². The molecule has 2 rings (SSSR count). The third-order valence-corrected chi connectivity index (χ3v) is 3.50. The van der Waals surface area contributed by atoms with E-state index in [1.54, 1.807) is 6.20 Å². The number of guanidine groups is 1. The van der Waals surface area contributed by atoms with E-state index in [1.807, 2.05) is 13.0 Å². The van der Waals surface area contributed by atoms with Gasteiger partial charge in [-0.3, -0.25) is 0 Å². The second-order valence-corrected chi connectivity index (χ2v) is 5.08. The average Bonchev–Trinajstić information content (AvgIpc) is 2.53. The van der Waals surface area contributed by atoms with Gasteiger partial charge in [0.05, 0.1) is 12.2 Å². The number of aromatic nitrogens is 2. The van der Waals surface area contributed by atoms with Crippen molar-refractivity contribution in [2.45, 2.75) is 40.2 Å². The number of hydrogen-bond donors (Lipinski definition) is 2. The Morgan fingerprint density at radius 3 is 2.45 bits per heavy atom. The first-order valence-electron chi connectivity index (χ1n) is 7.60. The van der Waals surface area contributed by atoms with Crippen LogP contribution in [-0.2, 0) is 19.4 Å². The topological polar surface area (TPSA) is 76.2 Å². The van der Waals surface area contributed by atoms with E-state index in [9.17, 15) is 0 Å². The van der Waals surface area contributed by atoms with Gasteiger partial charge in [0.25, 0.3) is 0 Å². The third-order valence-electron chi connectivity index (χ3n) is 3.50. The van der Waals surface area contributed by atoms with E-state index in [2.05, 4.69) is 52.3 Å². The van der Waals surface area contributed by atoms with E-state index >= 15 is 0 Å². The molecule has 0 atom stereocenters. The second-order valence-electron chi connectivity index (χ2n) is 5.08. The van der Waals surface area contributed by atoms with Gasteiger partial charge >= 0.3 is 0 Å². The van der Waals surface area contributed by atoms with Gasteiger partial charge in [-0.2, -0.15) is 0 Å². The fourth-order valence-electron chi connectivity index (χ4n) is 2.33. The number of nitrogens with two attached hydrogens (primary N) is 1. The van der Waals surface area contributed by atoms with Crippen LogP contribution in [0.15, 0.2) is 35.5 Å². The Bertz CT molecular complexity index is 642. The summed E-state index contributed by atoms with van der Waals surface area (Å²) in [6, 6.07) is 8.16. The van der Waals surface area contributed by atoms with Gasteiger partial charge in [-0.1, -0.05) is 32.0 Å². The van der Waals surface area contributed by atoms with Gasteiger partial charge in [-0.15, -0.1) is 0 Å². The molecule has 0 fully saturated rings. The van der Waals surface area contributed by atoms with Crippen molar-refractivity contribution in [3.8, 4) is 0 Å². The molecule has 0 saturated carbocycles. The minimum absolute atomic E-state index is 0.409. The highest BCUT2D eigenvalue weighted by Crippen LogP contribution is 2.22. The van der Waals surface area contributed by atoms with Crippen molar-refractivity contribution >= 4 is 11.6 Å². The smallest absolute Gasteiger partial charge is 0.193 e. The van der Waals surface area contributed by atoms with Crippen LogP contribution in [0.5, 0.6) is 0 Å². The van der Waals surface area contributed by atoms with Gasteiger partial charge in [0, 0.05) is 11.9 Å². The number of anilines is 1. The highest BCUT2D eigenvalue weighted by molar-refractivity contribution is 5.93. The molecule has 0 amide bonds. The zero-order valence-electron chi connectivity index (χ0n) is 13.4. The average molecular weight is 297 g/mol. The highest BCUT2D eigenvalue weighted by Gasteiger charge is 2.07. The molecule has 1 aromatic heterocycles. The van der Waals surface area contributed by atoms with Gasteiger partial charge in [0.15, 0.2) is 5.96 Å². The lowest BCUT2D eigenvalue weighted by Gasteiger charge is -2.14. The summed E-state index contributed by atoms with van der Waals surface area (Å²) < 4.78 is 0. The summed E-state index contributed by atoms with van der Waals surface area (Å²) in [5, 5.41) is 3.25. The molecule has 3 N–H and O–H groups in total. The molecule has 0 aliphatic heterocycles. The number of rotatable bonds is 5. The van der Waals surface area contributed by atoms with Gasteiger partial charge in [-0.25, -0.2) is 15.0 Å². The molecule has 22 heavy (non-hydrogen) atoms. The van der Waals surface area contributed by atoms with Crippen molar-refractivity contribution in [3.63, 3.8) is 0 Å². The number of benzene rings is 1. The number of aliphatic imine (C=N–C) groups is 1. The van der Waals surface area contributed by atoms with Crippen LogP contribution >= 0.6 is 0 Å². The monoisotopic (exact) mass is 297 g/mol. The molecule has 116 valence electrons. The number of nitrogens with zero attached hydrogens (tertiary/aromatic N) is 3. The number of nitrogens with one attached hydrogen (secondary N) is 1. The number of aryl methyl sites for hydroxylation is 3. The fraction of sp³-hybridized carbons (Fsp3) is 0.353. The maximum absolute atomic E-state index is 6.03. The second kappa shape index (κ2) is 7.54. The normalized spacial score (nSPS) is 11.5. The standard InChI is InChI=1S/C17H23N5/c1-4-13-7-6-8-14(5-2)16(13)22-17(18)20-11-15-9-10-19-12(3)21-15/h6-10H,4-5,11H2,1-3H3,(H3,18,20,22). The largest absolute Gasteiger partial charge is 0.370 e. The van der Waals surface area contributed by atoms with Gasteiger partial charge in [0.1, 0.15) is 5.82 Å². The quantitative estimate of drug-likeness (QED) is 0.657. The first-order valence-corrected chi connectivity index (χ1v) is 7.60. The molecule has 1 heterocycles. The van der Waals surface area contributed by atoms with Crippen molar-refractivity contribution < 1.29 is 0 Å². The van der Waals surface area contributed by atoms with Crippen molar-refractivity contribution in [3.05, 3.63) is 53.1 Å². The van der Waals surface area contributed by atoms with E-state index in [4.69, 9.17) is 5.73 Å². The molecule has 0 aliphatic carbocycles. The summed E-state index contributed by atoms with van der Waals surface area (Å²) >= 11 is 0. The zero-order chi connectivity index (χ0) is 15.9. The Labute approximate surface area is 131 Å². The van der Waals surface area contributed by atoms with Crippen molar-refractivity contribution in [2.24, 2.45) is 10.7 Å². The lowest BCUT2D eigenvalue weighted by atomic mass is 10.0. The van der Waals surface area contributed by atoms with Gasteiger partial charge in [-0.05, 0) is 37.0 Å². The molecule has 0 radical (unpaired) electrons. The Morgan fingerprint density at radius 1 is 1.18 bits per heavy atom. The Balaban J connectivity index is 2.14. The van der Waals surface area contributed by atoms with Gasteiger partial charge in [0.2, 0.25) is 0 Å². The molecule has 0 saturated heterocycles. The summed E-state index contributed by atoms with van der Waals surface area (Å²) in [7, 11) is 0. The maximum Gasteiger partial charge on any atom is 0.193 e. The first-order chi connectivity index (χ1) is 10.6. The van der Waals surface area contributed by atoms with Gasteiger partial charge < -0.3 is 11.1 Å². The molecule has 0 aliphatic rings. The first kappa shape index (κ1) is 15.9. The van der Waals surface area contributed by atoms with Crippen LogP contribution in [0.3, 0.4) is 0 Å². The molecule has 1 aromatic carbocycles. The van der Waals surface area contributed by atoms with Crippen LogP contribution in [0.2, 0.25) is 0 Å². The fourth-order valence-corrected chi connectivity index (χ4v) is 2.33.